The van der Waals surface area contributed by atoms with Crippen molar-refractivity contribution in [1.29, 1.82) is 5.26 Å². The van der Waals surface area contributed by atoms with E-state index in [1.165, 1.54) is 4.68 Å². The molecule has 4 rings (SSSR count). The molecule has 0 radical (unpaired) electrons. The molecule has 6 nitrogen and oxygen atoms in total. The lowest BCUT2D eigenvalue weighted by atomic mass is 10.0. The lowest BCUT2D eigenvalue weighted by Crippen LogP contribution is -2.22. The van der Waals surface area contributed by atoms with Crippen LogP contribution in [0.1, 0.15) is 19.3 Å². The van der Waals surface area contributed by atoms with Crippen LogP contribution in [0.25, 0.3) is 28.0 Å². The number of nitrogens with zero attached hydrogens (tertiary/aromatic N) is 5. The molecule has 0 fully saturated rings. The summed E-state index contributed by atoms with van der Waals surface area (Å²) in [5, 5.41) is 18.1. The van der Waals surface area contributed by atoms with E-state index < -0.39 is 0 Å². The van der Waals surface area contributed by atoms with Crippen LogP contribution in [0, 0.1) is 11.3 Å². The van der Waals surface area contributed by atoms with Gasteiger partial charge in [-0.2, -0.15) is 15.5 Å². The van der Waals surface area contributed by atoms with Gasteiger partial charge in [0.1, 0.15) is 5.69 Å². The predicted octanol–water partition coefficient (Wildman–Crippen LogP) is 3.92. The number of nitriles is 1. The average Bonchev–Trinajstić information content (AvgIpc) is 3.13. The van der Waals surface area contributed by atoms with Gasteiger partial charge in [-0.1, -0.05) is 36.4 Å². The van der Waals surface area contributed by atoms with E-state index in [4.69, 9.17) is 10.4 Å². The third-order valence-corrected chi connectivity index (χ3v) is 4.62. The van der Waals surface area contributed by atoms with Crippen LogP contribution in [0.4, 0.5) is 0 Å². The highest BCUT2D eigenvalue weighted by Crippen LogP contribution is 2.33. The number of aryl methyl sites for hydroxylation is 1. The van der Waals surface area contributed by atoms with Crippen molar-refractivity contribution in [3.05, 3.63) is 77.2 Å². The van der Waals surface area contributed by atoms with Crippen LogP contribution in [-0.4, -0.2) is 19.4 Å². The van der Waals surface area contributed by atoms with E-state index in [0.29, 0.717) is 18.7 Å². The van der Waals surface area contributed by atoms with Crippen molar-refractivity contribution in [2.75, 3.05) is 0 Å². The molecule has 6 heteroatoms. The number of hydrogen-bond donors (Lipinski definition) is 0. The van der Waals surface area contributed by atoms with Gasteiger partial charge in [-0.3, -0.25) is 4.79 Å². The second kappa shape index (κ2) is 7.89. The molecule has 0 bridgehead atoms. The minimum absolute atomic E-state index is 0.140. The molecular formula is C22H19N5O. The Kier molecular flexibility index (Phi) is 4.98. The maximum Gasteiger partial charge on any atom is 0.266 e. The topological polar surface area (TPSA) is 76.0 Å². The number of aromatic nitrogens is 4. The molecular weight excluding hydrogens is 350 g/mol. The lowest BCUT2D eigenvalue weighted by Gasteiger charge is -2.07. The first-order valence-electron chi connectivity index (χ1n) is 9.26. The summed E-state index contributed by atoms with van der Waals surface area (Å²) >= 11 is 0. The molecule has 0 aliphatic rings. The van der Waals surface area contributed by atoms with E-state index in [9.17, 15) is 4.79 Å². The Morgan fingerprint density at radius 1 is 0.929 bits per heavy atom. The maximum atomic E-state index is 12.2. The van der Waals surface area contributed by atoms with Gasteiger partial charge < -0.3 is 0 Å². The summed E-state index contributed by atoms with van der Waals surface area (Å²) in [6, 6.07) is 21.3. The Bertz CT molecular complexity index is 1200. The molecule has 0 N–H and O–H groups in total. The minimum Gasteiger partial charge on any atom is -0.268 e. The number of pyridine rings is 1. The Morgan fingerprint density at radius 3 is 2.57 bits per heavy atom. The maximum absolute atomic E-state index is 12.2. The molecule has 0 saturated carbocycles. The lowest BCUT2D eigenvalue weighted by molar-refractivity contribution is 0.537. The Hall–Kier alpha value is -3.72. The first kappa shape index (κ1) is 17.7. The molecule has 138 valence electrons. The van der Waals surface area contributed by atoms with Gasteiger partial charge in [-0.15, -0.1) is 0 Å². The third-order valence-electron chi connectivity index (χ3n) is 4.62. The number of rotatable bonds is 6. The molecule has 0 saturated heterocycles. The molecule has 0 amide bonds. The summed E-state index contributed by atoms with van der Waals surface area (Å²) in [6.07, 6.45) is 3.88. The van der Waals surface area contributed by atoms with E-state index in [2.05, 4.69) is 11.2 Å². The van der Waals surface area contributed by atoms with E-state index in [0.717, 1.165) is 35.2 Å². The minimum atomic E-state index is -0.140. The number of benzene rings is 1. The van der Waals surface area contributed by atoms with Gasteiger partial charge in [0.2, 0.25) is 0 Å². The standard InChI is InChI=1S/C22H19N5O/c23-14-6-2-7-16-27-20(28)13-12-18(24-27)21-19-11-5-8-15-26(19)25-22(21)17-9-3-1-4-10-17/h1,3-5,8-13,15H,2,6-7,16H2. The fourth-order valence-corrected chi connectivity index (χ4v) is 3.26. The van der Waals surface area contributed by atoms with Crippen molar-refractivity contribution in [2.45, 2.75) is 25.8 Å². The SMILES string of the molecule is N#CCCCCn1nc(-c2c(-c3ccccc3)nn3ccccc23)ccc1=O. The van der Waals surface area contributed by atoms with Crippen molar-refractivity contribution < 1.29 is 0 Å². The van der Waals surface area contributed by atoms with E-state index in [1.54, 1.807) is 12.1 Å². The van der Waals surface area contributed by atoms with Gasteiger partial charge in [0.25, 0.3) is 5.56 Å². The molecule has 28 heavy (non-hydrogen) atoms. The zero-order valence-corrected chi connectivity index (χ0v) is 15.3. The highest BCUT2D eigenvalue weighted by atomic mass is 16.1. The first-order chi connectivity index (χ1) is 13.8. The van der Waals surface area contributed by atoms with Crippen LogP contribution in [0.2, 0.25) is 0 Å². The fraction of sp³-hybridized carbons (Fsp3) is 0.182. The molecule has 4 aromatic rings. The van der Waals surface area contributed by atoms with Crippen molar-refractivity contribution in [3.8, 4) is 28.6 Å². The van der Waals surface area contributed by atoms with E-state index in [1.807, 2.05) is 59.2 Å². The van der Waals surface area contributed by atoms with Crippen molar-refractivity contribution in [2.24, 2.45) is 0 Å². The van der Waals surface area contributed by atoms with Gasteiger partial charge in [-0.25, -0.2) is 9.20 Å². The molecule has 0 aliphatic carbocycles. The highest BCUT2D eigenvalue weighted by Gasteiger charge is 2.18. The Labute approximate surface area is 162 Å². The van der Waals surface area contributed by atoms with Gasteiger partial charge in [0, 0.05) is 30.8 Å². The summed E-state index contributed by atoms with van der Waals surface area (Å²) in [7, 11) is 0. The Morgan fingerprint density at radius 2 is 1.75 bits per heavy atom. The van der Waals surface area contributed by atoms with Gasteiger partial charge in [-0.05, 0) is 31.0 Å². The smallest absolute Gasteiger partial charge is 0.266 e. The van der Waals surface area contributed by atoms with Crippen molar-refractivity contribution in [3.63, 3.8) is 0 Å². The summed E-state index contributed by atoms with van der Waals surface area (Å²) in [5.41, 5.74) is 4.23. The zero-order valence-electron chi connectivity index (χ0n) is 15.3. The summed E-state index contributed by atoms with van der Waals surface area (Å²) in [4.78, 5) is 12.2. The van der Waals surface area contributed by atoms with Crippen molar-refractivity contribution in [1.82, 2.24) is 19.4 Å². The van der Waals surface area contributed by atoms with Gasteiger partial charge in [0.15, 0.2) is 0 Å². The summed E-state index contributed by atoms with van der Waals surface area (Å²) in [6.45, 7) is 0.494. The predicted molar refractivity (Wildman–Crippen MR) is 108 cm³/mol. The normalized spacial score (nSPS) is 10.8. The van der Waals surface area contributed by atoms with Crippen LogP contribution in [0.5, 0.6) is 0 Å². The molecule has 3 aromatic heterocycles. The summed E-state index contributed by atoms with van der Waals surface area (Å²) in [5.74, 6) is 0. The van der Waals surface area contributed by atoms with Crippen LogP contribution in [0.15, 0.2) is 71.7 Å². The van der Waals surface area contributed by atoms with E-state index >= 15 is 0 Å². The second-order valence-corrected chi connectivity index (χ2v) is 6.52. The molecule has 1 aromatic carbocycles. The molecule has 0 unspecified atom stereocenters. The summed E-state index contributed by atoms with van der Waals surface area (Å²) < 4.78 is 3.32. The monoisotopic (exact) mass is 369 g/mol. The molecule has 0 atom stereocenters. The van der Waals surface area contributed by atoms with Crippen LogP contribution >= 0.6 is 0 Å². The fourth-order valence-electron chi connectivity index (χ4n) is 3.26. The molecule has 0 aliphatic heterocycles. The quantitative estimate of drug-likeness (QED) is 0.483. The average molecular weight is 369 g/mol. The first-order valence-corrected chi connectivity index (χ1v) is 9.26. The third kappa shape index (κ3) is 3.42. The highest BCUT2D eigenvalue weighted by molar-refractivity contribution is 5.90. The van der Waals surface area contributed by atoms with Gasteiger partial charge >= 0.3 is 0 Å². The number of fused-ring (bicyclic) bond motifs is 1. The molecule has 3 heterocycles. The van der Waals surface area contributed by atoms with Gasteiger partial charge in [0.05, 0.1) is 22.8 Å². The van der Waals surface area contributed by atoms with E-state index in [-0.39, 0.29) is 5.56 Å². The Balaban J connectivity index is 1.83. The van der Waals surface area contributed by atoms with Crippen molar-refractivity contribution >= 4 is 5.52 Å². The molecule has 0 spiro atoms. The van der Waals surface area contributed by atoms with Crippen LogP contribution in [0.3, 0.4) is 0 Å². The van der Waals surface area contributed by atoms with Crippen LogP contribution < -0.4 is 5.56 Å². The second-order valence-electron chi connectivity index (χ2n) is 6.52. The largest absolute Gasteiger partial charge is 0.268 e. The zero-order chi connectivity index (χ0) is 19.3. The number of hydrogen-bond acceptors (Lipinski definition) is 4. The van der Waals surface area contributed by atoms with Crippen LogP contribution in [-0.2, 0) is 6.54 Å². The number of unbranched alkanes of at least 4 members (excludes halogenated alkanes) is 2.